The maximum absolute atomic E-state index is 12.5. The fourth-order valence-electron chi connectivity index (χ4n) is 3.71. The number of hydrogen-bond donors (Lipinski definition) is 2. The highest BCUT2D eigenvalue weighted by molar-refractivity contribution is 5.85. The van der Waals surface area contributed by atoms with Gasteiger partial charge in [0.2, 0.25) is 5.91 Å². The fourth-order valence-corrected chi connectivity index (χ4v) is 3.71. The Labute approximate surface area is 168 Å². The van der Waals surface area contributed by atoms with Gasteiger partial charge < -0.3 is 11.1 Å². The molecule has 3 atom stereocenters. The summed E-state index contributed by atoms with van der Waals surface area (Å²) in [4.78, 5) is 14.6. The SMILES string of the molecule is CCc1ccc(C(C)NC(=O)CN2C[C@@H](N)[C@H](c3ccccc3)C2)cc1.Cl. The van der Waals surface area contributed by atoms with E-state index in [9.17, 15) is 4.79 Å². The summed E-state index contributed by atoms with van der Waals surface area (Å²) in [7, 11) is 0. The van der Waals surface area contributed by atoms with Crippen molar-refractivity contribution in [2.75, 3.05) is 19.6 Å². The molecule has 1 unspecified atom stereocenters. The van der Waals surface area contributed by atoms with Crippen molar-refractivity contribution in [1.82, 2.24) is 10.2 Å². The molecule has 1 amide bonds. The number of halogens is 1. The Bertz CT molecular complexity index is 720. The molecule has 1 aliphatic rings. The van der Waals surface area contributed by atoms with E-state index in [1.165, 1.54) is 11.1 Å². The van der Waals surface area contributed by atoms with Crippen LogP contribution in [0.1, 0.15) is 42.5 Å². The number of amides is 1. The third-order valence-corrected chi connectivity index (χ3v) is 5.30. The number of nitrogens with one attached hydrogen (secondary N) is 1. The second-order valence-electron chi connectivity index (χ2n) is 7.26. The maximum atomic E-state index is 12.5. The molecule has 146 valence electrons. The number of nitrogens with zero attached hydrogens (tertiary/aromatic N) is 1. The standard InChI is InChI=1S/C22H29N3O.ClH/c1-3-17-9-11-18(12-10-17)16(2)24-22(26)15-25-13-20(21(23)14-25)19-7-5-4-6-8-19;/h4-12,16,20-21H,3,13-15,23H2,1-2H3,(H,24,26);1H/t16?,20-,21+;/m0./s1. The van der Waals surface area contributed by atoms with Gasteiger partial charge in [-0.15, -0.1) is 12.4 Å². The van der Waals surface area contributed by atoms with Gasteiger partial charge in [0.15, 0.2) is 0 Å². The number of likely N-dealkylation sites (tertiary alicyclic amines) is 1. The molecule has 3 N–H and O–H groups in total. The zero-order chi connectivity index (χ0) is 18.5. The minimum absolute atomic E-state index is 0. The van der Waals surface area contributed by atoms with Gasteiger partial charge in [-0.2, -0.15) is 0 Å². The lowest BCUT2D eigenvalue weighted by Gasteiger charge is -2.19. The Morgan fingerprint density at radius 1 is 1.15 bits per heavy atom. The molecular weight excluding hydrogens is 358 g/mol. The van der Waals surface area contributed by atoms with Crippen LogP contribution in [0.5, 0.6) is 0 Å². The van der Waals surface area contributed by atoms with E-state index < -0.39 is 0 Å². The second-order valence-corrected chi connectivity index (χ2v) is 7.26. The third-order valence-electron chi connectivity index (χ3n) is 5.30. The van der Waals surface area contributed by atoms with Gasteiger partial charge in [-0.25, -0.2) is 0 Å². The molecule has 27 heavy (non-hydrogen) atoms. The first-order valence-corrected chi connectivity index (χ1v) is 9.48. The van der Waals surface area contributed by atoms with E-state index in [0.29, 0.717) is 12.5 Å². The lowest BCUT2D eigenvalue weighted by molar-refractivity contribution is -0.122. The molecule has 0 aromatic heterocycles. The molecule has 0 bridgehead atoms. The smallest absolute Gasteiger partial charge is 0.234 e. The van der Waals surface area contributed by atoms with Crippen LogP contribution in [0.3, 0.4) is 0 Å². The van der Waals surface area contributed by atoms with Crippen molar-refractivity contribution in [1.29, 1.82) is 0 Å². The van der Waals surface area contributed by atoms with Crippen LogP contribution >= 0.6 is 12.4 Å². The summed E-state index contributed by atoms with van der Waals surface area (Å²) in [6.45, 7) is 6.16. The molecule has 1 fully saturated rings. The average molecular weight is 388 g/mol. The molecule has 3 rings (SSSR count). The number of rotatable bonds is 6. The van der Waals surface area contributed by atoms with Crippen LogP contribution in [-0.2, 0) is 11.2 Å². The van der Waals surface area contributed by atoms with Gasteiger partial charge >= 0.3 is 0 Å². The first-order chi connectivity index (χ1) is 12.6. The van der Waals surface area contributed by atoms with E-state index >= 15 is 0 Å². The number of carbonyl (C=O) groups is 1. The van der Waals surface area contributed by atoms with Crippen molar-refractivity contribution >= 4 is 18.3 Å². The largest absolute Gasteiger partial charge is 0.348 e. The quantitative estimate of drug-likeness (QED) is 0.799. The summed E-state index contributed by atoms with van der Waals surface area (Å²) < 4.78 is 0. The van der Waals surface area contributed by atoms with Crippen molar-refractivity contribution in [3.05, 3.63) is 71.3 Å². The number of benzene rings is 2. The molecule has 5 heteroatoms. The minimum atomic E-state index is 0. The van der Waals surface area contributed by atoms with Crippen LogP contribution in [0.25, 0.3) is 0 Å². The van der Waals surface area contributed by atoms with Crippen LogP contribution in [0.2, 0.25) is 0 Å². The molecule has 2 aromatic rings. The summed E-state index contributed by atoms with van der Waals surface area (Å²) >= 11 is 0. The zero-order valence-electron chi connectivity index (χ0n) is 16.1. The van der Waals surface area contributed by atoms with Crippen molar-refractivity contribution in [2.45, 2.75) is 38.3 Å². The molecule has 0 aliphatic carbocycles. The summed E-state index contributed by atoms with van der Waals surface area (Å²) in [5, 5.41) is 3.11. The van der Waals surface area contributed by atoms with Crippen LogP contribution in [0.4, 0.5) is 0 Å². The van der Waals surface area contributed by atoms with Gasteiger partial charge in [-0.3, -0.25) is 9.69 Å². The number of hydrogen-bond acceptors (Lipinski definition) is 3. The van der Waals surface area contributed by atoms with E-state index in [-0.39, 0.29) is 30.4 Å². The Morgan fingerprint density at radius 3 is 2.44 bits per heavy atom. The van der Waals surface area contributed by atoms with Crippen molar-refractivity contribution in [3.8, 4) is 0 Å². The molecule has 0 saturated carbocycles. The molecule has 0 spiro atoms. The highest BCUT2D eigenvalue weighted by Gasteiger charge is 2.32. The first-order valence-electron chi connectivity index (χ1n) is 9.48. The van der Waals surface area contributed by atoms with E-state index in [1.807, 2.05) is 25.1 Å². The molecule has 1 aliphatic heterocycles. The molecule has 4 nitrogen and oxygen atoms in total. The zero-order valence-corrected chi connectivity index (χ0v) is 16.9. The molecule has 1 saturated heterocycles. The predicted molar refractivity (Wildman–Crippen MR) is 113 cm³/mol. The van der Waals surface area contributed by atoms with E-state index in [2.05, 4.69) is 53.5 Å². The van der Waals surface area contributed by atoms with Gasteiger partial charge in [0.05, 0.1) is 12.6 Å². The summed E-state index contributed by atoms with van der Waals surface area (Å²) in [5.41, 5.74) is 10.0. The molecule has 1 heterocycles. The van der Waals surface area contributed by atoms with Crippen LogP contribution in [0.15, 0.2) is 54.6 Å². The summed E-state index contributed by atoms with van der Waals surface area (Å²) in [6.07, 6.45) is 1.03. The topological polar surface area (TPSA) is 58.4 Å². The third kappa shape index (κ3) is 5.55. The Balaban J connectivity index is 0.00000261. The van der Waals surface area contributed by atoms with Gasteiger partial charge in [0.1, 0.15) is 0 Å². The Morgan fingerprint density at radius 2 is 1.81 bits per heavy atom. The van der Waals surface area contributed by atoms with Gasteiger partial charge in [0, 0.05) is 25.0 Å². The summed E-state index contributed by atoms with van der Waals surface area (Å²) in [5.74, 6) is 0.348. The van der Waals surface area contributed by atoms with Crippen LogP contribution in [0, 0.1) is 0 Å². The van der Waals surface area contributed by atoms with Crippen molar-refractivity contribution in [3.63, 3.8) is 0 Å². The highest BCUT2D eigenvalue weighted by Crippen LogP contribution is 2.26. The van der Waals surface area contributed by atoms with Crippen LogP contribution in [-0.4, -0.2) is 36.5 Å². The van der Waals surface area contributed by atoms with Crippen LogP contribution < -0.4 is 11.1 Å². The second kappa shape index (κ2) is 9.88. The Kier molecular flexibility index (Phi) is 7.84. The highest BCUT2D eigenvalue weighted by atomic mass is 35.5. The fraction of sp³-hybridized carbons (Fsp3) is 0.409. The monoisotopic (exact) mass is 387 g/mol. The normalized spacial score (nSPS) is 20.7. The first kappa shape index (κ1) is 21.4. The van der Waals surface area contributed by atoms with E-state index in [0.717, 1.165) is 25.1 Å². The molecule has 0 radical (unpaired) electrons. The molecular formula is C22H30ClN3O. The van der Waals surface area contributed by atoms with Crippen molar-refractivity contribution < 1.29 is 4.79 Å². The van der Waals surface area contributed by atoms with E-state index in [4.69, 9.17) is 5.73 Å². The number of carbonyl (C=O) groups excluding carboxylic acids is 1. The average Bonchev–Trinajstić information content (AvgIpc) is 3.02. The molecule has 2 aromatic carbocycles. The lowest BCUT2D eigenvalue weighted by Crippen LogP contribution is -2.38. The number of aryl methyl sites for hydroxylation is 1. The van der Waals surface area contributed by atoms with E-state index in [1.54, 1.807) is 0 Å². The van der Waals surface area contributed by atoms with Gasteiger partial charge in [-0.05, 0) is 30.0 Å². The van der Waals surface area contributed by atoms with Crippen molar-refractivity contribution in [2.24, 2.45) is 5.73 Å². The van der Waals surface area contributed by atoms with Gasteiger partial charge in [0.25, 0.3) is 0 Å². The maximum Gasteiger partial charge on any atom is 0.234 e. The number of nitrogens with two attached hydrogens (primary N) is 1. The van der Waals surface area contributed by atoms with Gasteiger partial charge in [-0.1, -0.05) is 61.5 Å². The minimum Gasteiger partial charge on any atom is -0.348 e. The lowest BCUT2D eigenvalue weighted by atomic mass is 9.95. The Hall–Kier alpha value is -1.88. The predicted octanol–water partition coefficient (Wildman–Crippen LogP) is 3.27. The summed E-state index contributed by atoms with van der Waals surface area (Å²) in [6, 6.07) is 18.9.